The first kappa shape index (κ1) is 12.6. The summed E-state index contributed by atoms with van der Waals surface area (Å²) in [6.45, 7) is 0.0889. The number of nitrogens with one attached hydrogen (secondary N) is 1. The Morgan fingerprint density at radius 2 is 2.11 bits per heavy atom. The van der Waals surface area contributed by atoms with Gasteiger partial charge in [-0.1, -0.05) is 22.0 Å². The van der Waals surface area contributed by atoms with Crippen LogP contribution < -0.4 is 17.0 Å². The minimum atomic E-state index is -1.03. The molecule has 0 bridgehead atoms. The Labute approximate surface area is 109 Å². The molecule has 0 unspecified atom stereocenters. The zero-order valence-electron chi connectivity index (χ0n) is 9.11. The van der Waals surface area contributed by atoms with Crippen LogP contribution in [0.1, 0.15) is 5.56 Å². The minimum Gasteiger partial charge on any atom is -0.398 e. The Balaban J connectivity index is 2.43. The molecule has 5 nitrogen and oxygen atoms in total. The lowest BCUT2D eigenvalue weighted by atomic mass is 10.2. The van der Waals surface area contributed by atoms with E-state index in [9.17, 15) is 14.0 Å². The lowest BCUT2D eigenvalue weighted by molar-refractivity contribution is 0.566. The minimum absolute atomic E-state index is 0.0889. The van der Waals surface area contributed by atoms with E-state index in [0.29, 0.717) is 11.3 Å². The van der Waals surface area contributed by atoms with Crippen LogP contribution in [-0.2, 0) is 6.54 Å². The fraction of sp³-hybridized carbons (Fsp3) is 0.0909. The maximum absolute atomic E-state index is 13.1. The molecule has 1 heterocycles. The predicted octanol–water partition coefficient (Wildman–Crippen LogP) is 1.07. The molecule has 0 atom stereocenters. The van der Waals surface area contributed by atoms with Gasteiger partial charge in [-0.05, 0) is 17.7 Å². The molecule has 1 aromatic heterocycles. The van der Waals surface area contributed by atoms with Crippen LogP contribution in [0.25, 0.3) is 0 Å². The van der Waals surface area contributed by atoms with E-state index in [0.717, 1.165) is 15.2 Å². The van der Waals surface area contributed by atoms with Crippen LogP contribution in [0.5, 0.6) is 0 Å². The molecule has 0 aliphatic heterocycles. The number of nitrogens with two attached hydrogens (primary N) is 1. The van der Waals surface area contributed by atoms with Crippen LogP contribution >= 0.6 is 15.9 Å². The maximum Gasteiger partial charge on any atom is 0.328 e. The van der Waals surface area contributed by atoms with Gasteiger partial charge >= 0.3 is 5.69 Å². The SMILES string of the molecule is Nc1cc(Br)ccc1Cn1cc(F)c(=O)[nH]c1=O. The predicted molar refractivity (Wildman–Crippen MR) is 68.9 cm³/mol. The van der Waals surface area contributed by atoms with Gasteiger partial charge in [0.2, 0.25) is 5.82 Å². The van der Waals surface area contributed by atoms with Gasteiger partial charge in [0, 0.05) is 10.2 Å². The highest BCUT2D eigenvalue weighted by molar-refractivity contribution is 9.10. The number of rotatable bonds is 2. The second kappa shape index (κ2) is 4.77. The van der Waals surface area contributed by atoms with Crippen molar-refractivity contribution in [3.05, 3.63) is 61.1 Å². The molecular formula is C11H9BrFN3O2. The van der Waals surface area contributed by atoms with E-state index >= 15 is 0 Å². The highest BCUT2D eigenvalue weighted by Crippen LogP contribution is 2.18. The highest BCUT2D eigenvalue weighted by atomic mass is 79.9. The Bertz CT molecular complexity index is 708. The Morgan fingerprint density at radius 3 is 2.78 bits per heavy atom. The molecule has 7 heteroatoms. The van der Waals surface area contributed by atoms with Crippen LogP contribution in [0.15, 0.2) is 38.5 Å². The number of benzene rings is 1. The average molecular weight is 314 g/mol. The highest BCUT2D eigenvalue weighted by Gasteiger charge is 2.06. The topological polar surface area (TPSA) is 80.9 Å². The van der Waals surface area contributed by atoms with Gasteiger partial charge in [0.15, 0.2) is 0 Å². The Hall–Kier alpha value is -1.89. The fourth-order valence-electron chi connectivity index (χ4n) is 1.49. The van der Waals surface area contributed by atoms with Crippen molar-refractivity contribution in [1.29, 1.82) is 0 Å². The summed E-state index contributed by atoms with van der Waals surface area (Å²) < 4.78 is 14.9. The molecule has 0 amide bonds. The number of aromatic nitrogens is 2. The van der Waals surface area contributed by atoms with Crippen LogP contribution in [0.4, 0.5) is 10.1 Å². The van der Waals surface area contributed by atoms with Crippen molar-refractivity contribution >= 4 is 21.6 Å². The molecule has 0 aliphatic rings. The number of hydrogen-bond acceptors (Lipinski definition) is 3. The summed E-state index contributed by atoms with van der Waals surface area (Å²) in [5.41, 5.74) is 5.21. The summed E-state index contributed by atoms with van der Waals surface area (Å²) in [7, 11) is 0. The van der Waals surface area contributed by atoms with Gasteiger partial charge < -0.3 is 5.73 Å². The summed E-state index contributed by atoms with van der Waals surface area (Å²) in [6.07, 6.45) is 0.864. The first-order chi connectivity index (χ1) is 8.47. The van der Waals surface area contributed by atoms with Gasteiger partial charge in [0.05, 0.1) is 12.7 Å². The van der Waals surface area contributed by atoms with Crippen molar-refractivity contribution in [2.75, 3.05) is 5.73 Å². The third-order valence-corrected chi connectivity index (χ3v) is 2.91. The van der Waals surface area contributed by atoms with E-state index in [4.69, 9.17) is 5.73 Å². The van der Waals surface area contributed by atoms with Crippen molar-refractivity contribution in [3.63, 3.8) is 0 Å². The molecule has 3 N–H and O–H groups in total. The van der Waals surface area contributed by atoms with E-state index in [1.165, 1.54) is 0 Å². The Morgan fingerprint density at radius 1 is 1.39 bits per heavy atom. The molecule has 94 valence electrons. The smallest absolute Gasteiger partial charge is 0.328 e. The standard InChI is InChI=1S/C11H9BrFN3O2/c12-7-2-1-6(9(14)3-7)4-16-5-8(13)10(17)15-11(16)18/h1-3,5H,4,14H2,(H,15,17,18). The number of nitrogen functional groups attached to an aromatic ring is 1. The third-order valence-electron chi connectivity index (χ3n) is 2.42. The zero-order valence-corrected chi connectivity index (χ0v) is 10.7. The quantitative estimate of drug-likeness (QED) is 0.814. The normalized spacial score (nSPS) is 10.6. The molecule has 1 aromatic carbocycles. The van der Waals surface area contributed by atoms with Gasteiger partial charge in [0.25, 0.3) is 5.56 Å². The summed E-state index contributed by atoms with van der Waals surface area (Å²) in [4.78, 5) is 24.2. The van der Waals surface area contributed by atoms with Crippen LogP contribution in [0.3, 0.4) is 0 Å². The molecule has 2 rings (SSSR count). The number of aromatic amines is 1. The van der Waals surface area contributed by atoms with Gasteiger partial charge in [0.1, 0.15) is 0 Å². The summed E-state index contributed by atoms with van der Waals surface area (Å²) in [6, 6.07) is 5.16. The second-order valence-electron chi connectivity index (χ2n) is 3.71. The first-order valence-corrected chi connectivity index (χ1v) is 5.80. The monoisotopic (exact) mass is 313 g/mol. The summed E-state index contributed by atoms with van der Waals surface area (Å²) in [5.74, 6) is -1.01. The molecule has 0 aliphatic carbocycles. The Kier molecular flexibility index (Phi) is 3.33. The lowest BCUT2D eigenvalue weighted by Gasteiger charge is -2.08. The largest absolute Gasteiger partial charge is 0.398 e. The van der Waals surface area contributed by atoms with Gasteiger partial charge in [-0.3, -0.25) is 14.3 Å². The first-order valence-electron chi connectivity index (χ1n) is 5.00. The van der Waals surface area contributed by atoms with E-state index in [1.54, 1.807) is 18.2 Å². The van der Waals surface area contributed by atoms with E-state index in [-0.39, 0.29) is 6.54 Å². The van der Waals surface area contributed by atoms with Crippen LogP contribution in [0.2, 0.25) is 0 Å². The number of H-pyrrole nitrogens is 1. The maximum atomic E-state index is 13.1. The van der Waals surface area contributed by atoms with Crippen molar-refractivity contribution in [2.45, 2.75) is 6.54 Å². The van der Waals surface area contributed by atoms with E-state index < -0.39 is 17.1 Å². The molecule has 18 heavy (non-hydrogen) atoms. The number of hydrogen-bond donors (Lipinski definition) is 2. The van der Waals surface area contributed by atoms with Gasteiger partial charge in [-0.25, -0.2) is 4.79 Å². The van der Waals surface area contributed by atoms with Crippen molar-refractivity contribution in [2.24, 2.45) is 0 Å². The van der Waals surface area contributed by atoms with Crippen LogP contribution in [0, 0.1) is 5.82 Å². The number of halogens is 2. The zero-order chi connectivity index (χ0) is 13.3. The van der Waals surface area contributed by atoms with Gasteiger partial charge in [-0.2, -0.15) is 4.39 Å². The average Bonchev–Trinajstić information content (AvgIpc) is 2.29. The fourth-order valence-corrected chi connectivity index (χ4v) is 1.87. The molecule has 0 radical (unpaired) electrons. The van der Waals surface area contributed by atoms with Crippen molar-refractivity contribution in [1.82, 2.24) is 9.55 Å². The van der Waals surface area contributed by atoms with Crippen LogP contribution in [-0.4, -0.2) is 9.55 Å². The van der Waals surface area contributed by atoms with E-state index in [2.05, 4.69) is 15.9 Å². The summed E-state index contributed by atoms with van der Waals surface area (Å²) >= 11 is 3.26. The van der Waals surface area contributed by atoms with Gasteiger partial charge in [-0.15, -0.1) is 0 Å². The molecule has 0 saturated carbocycles. The lowest BCUT2D eigenvalue weighted by Crippen LogP contribution is -2.31. The number of nitrogens with zero attached hydrogens (tertiary/aromatic N) is 1. The number of anilines is 1. The molecule has 0 fully saturated rings. The van der Waals surface area contributed by atoms with Crippen molar-refractivity contribution < 1.29 is 4.39 Å². The van der Waals surface area contributed by atoms with E-state index in [1.807, 2.05) is 4.98 Å². The second-order valence-corrected chi connectivity index (χ2v) is 4.62. The molecule has 2 aromatic rings. The molecule has 0 saturated heterocycles. The molecule has 0 spiro atoms. The third kappa shape index (κ3) is 2.51. The molecular weight excluding hydrogens is 305 g/mol. The van der Waals surface area contributed by atoms with Crippen molar-refractivity contribution in [3.8, 4) is 0 Å². The summed E-state index contributed by atoms with van der Waals surface area (Å²) in [5, 5.41) is 0.